The molecule has 0 aromatic heterocycles. The highest BCUT2D eigenvalue weighted by Crippen LogP contribution is 2.48. The molecule has 3 nitrogen and oxygen atoms in total. The number of nitrogens with one attached hydrogen (secondary N) is 1. The first-order valence-corrected chi connectivity index (χ1v) is 12.1. The number of alkyl halides is 3. The molecule has 1 aromatic rings. The monoisotopic (exact) mass is 489 g/mol. The number of hydrogen-bond donors (Lipinski definition) is 1. The van der Waals surface area contributed by atoms with Crippen LogP contribution in [0.2, 0.25) is 5.02 Å². The minimum absolute atomic E-state index is 0.0711. The zero-order chi connectivity index (χ0) is 24.7. The molecule has 34 heavy (non-hydrogen) atoms. The minimum atomic E-state index is -4.58. The van der Waals surface area contributed by atoms with Gasteiger partial charge in [-0.25, -0.2) is 0 Å². The summed E-state index contributed by atoms with van der Waals surface area (Å²) >= 11 is 6.14. The second-order valence-corrected chi connectivity index (χ2v) is 9.39. The summed E-state index contributed by atoms with van der Waals surface area (Å²) in [6, 6.07) is 1.41. The molecule has 7 heteroatoms. The summed E-state index contributed by atoms with van der Waals surface area (Å²) < 4.78 is 41.5. The Morgan fingerprint density at radius 2 is 2.00 bits per heavy atom. The maximum atomic E-state index is 13.8. The van der Waals surface area contributed by atoms with E-state index in [1.54, 1.807) is 12.3 Å². The summed E-state index contributed by atoms with van der Waals surface area (Å²) in [5, 5.41) is 6.96. The molecule has 2 atom stereocenters. The maximum absolute atomic E-state index is 13.8. The van der Waals surface area contributed by atoms with Gasteiger partial charge in [0, 0.05) is 18.3 Å². The van der Waals surface area contributed by atoms with Crippen LogP contribution >= 0.6 is 11.6 Å². The van der Waals surface area contributed by atoms with Gasteiger partial charge in [-0.05, 0) is 72.2 Å². The molecular weight excluding hydrogens is 459 g/mol. The quantitative estimate of drug-likeness (QED) is 0.320. The fourth-order valence-corrected chi connectivity index (χ4v) is 4.69. The lowest BCUT2D eigenvalue weighted by atomic mass is 9.91. The number of allylic oxidation sites excluding steroid dienone is 5. The molecule has 0 saturated heterocycles. The molecule has 0 saturated carbocycles. The van der Waals surface area contributed by atoms with Crippen molar-refractivity contribution in [3.05, 3.63) is 58.2 Å². The van der Waals surface area contributed by atoms with E-state index in [1.807, 2.05) is 24.3 Å². The molecule has 2 unspecified atom stereocenters. The lowest BCUT2D eigenvalue weighted by Crippen LogP contribution is -2.08. The molecule has 0 fully saturated rings. The Balaban J connectivity index is 1.79. The molecule has 0 aliphatic carbocycles. The van der Waals surface area contributed by atoms with Gasteiger partial charge in [-0.3, -0.25) is 9.98 Å². The van der Waals surface area contributed by atoms with Gasteiger partial charge in [0.2, 0.25) is 0 Å². The first kappa shape index (κ1) is 26.1. The van der Waals surface area contributed by atoms with E-state index in [1.165, 1.54) is 12.3 Å². The topological polar surface area (TPSA) is 48.6 Å². The van der Waals surface area contributed by atoms with E-state index in [-0.39, 0.29) is 10.7 Å². The Morgan fingerprint density at radius 1 is 1.21 bits per heavy atom. The van der Waals surface area contributed by atoms with Crippen molar-refractivity contribution in [2.24, 2.45) is 21.8 Å². The Kier molecular flexibility index (Phi) is 9.06. The van der Waals surface area contributed by atoms with Crippen molar-refractivity contribution in [1.29, 1.82) is 5.41 Å². The smallest absolute Gasteiger partial charge is 0.313 e. The molecule has 3 rings (SSSR count). The van der Waals surface area contributed by atoms with Gasteiger partial charge in [-0.15, -0.1) is 0 Å². The summed E-state index contributed by atoms with van der Waals surface area (Å²) in [4.78, 5) is 8.66. The Labute approximate surface area is 204 Å². The summed E-state index contributed by atoms with van der Waals surface area (Å²) in [7, 11) is 0. The third kappa shape index (κ3) is 6.56. The van der Waals surface area contributed by atoms with Crippen molar-refractivity contribution in [3.8, 4) is 0 Å². The number of rotatable bonds is 10. The normalized spacial score (nSPS) is 17.4. The van der Waals surface area contributed by atoms with Gasteiger partial charge in [0.15, 0.2) is 0 Å². The summed E-state index contributed by atoms with van der Waals surface area (Å²) in [6.45, 7) is 4.71. The fraction of sp³-hybridized carbons (Fsp3) is 0.444. The maximum Gasteiger partial charge on any atom is 0.419 e. The van der Waals surface area contributed by atoms with Crippen LogP contribution in [-0.2, 0) is 12.6 Å². The van der Waals surface area contributed by atoms with E-state index in [9.17, 15) is 13.2 Å². The standard InChI is InChI=1S/C27H31ClF3N3/c1-3-19(12-13-32)11-10-18(2)7-6-9-21-15-23-22(20-8-4-5-14-33-17-20)16-24(28)25(26(23)34-21)27(29,30)31/h4-6,8-9,13-14,16,18-19,32H,3,7,10-12,15,17H2,1-2H3/b9-6+,32-13?. The molecular formula is C27H31ClF3N3. The Bertz CT molecular complexity index is 1050. The van der Waals surface area contributed by atoms with Crippen molar-refractivity contribution in [2.75, 3.05) is 6.54 Å². The van der Waals surface area contributed by atoms with Gasteiger partial charge in [-0.1, -0.05) is 56.5 Å². The summed E-state index contributed by atoms with van der Waals surface area (Å²) in [5.74, 6) is 0.996. The third-order valence-corrected chi connectivity index (χ3v) is 6.71. The average Bonchev–Trinajstić information content (AvgIpc) is 3.00. The van der Waals surface area contributed by atoms with Crippen LogP contribution in [0, 0.1) is 17.2 Å². The highest BCUT2D eigenvalue weighted by Gasteiger charge is 2.39. The molecule has 182 valence electrons. The van der Waals surface area contributed by atoms with E-state index < -0.39 is 11.7 Å². The van der Waals surface area contributed by atoms with Gasteiger partial charge in [-0.2, -0.15) is 13.2 Å². The van der Waals surface area contributed by atoms with Crippen LogP contribution in [0.4, 0.5) is 18.9 Å². The van der Waals surface area contributed by atoms with Crippen LogP contribution in [0.15, 0.2) is 46.4 Å². The second kappa shape index (κ2) is 11.8. The summed E-state index contributed by atoms with van der Waals surface area (Å²) in [5.41, 5.74) is 1.72. The number of benzene rings is 1. The molecule has 2 aliphatic rings. The predicted molar refractivity (Wildman–Crippen MR) is 137 cm³/mol. The van der Waals surface area contributed by atoms with E-state index in [4.69, 9.17) is 17.0 Å². The molecule has 1 N–H and O–H groups in total. The van der Waals surface area contributed by atoms with Crippen molar-refractivity contribution < 1.29 is 13.2 Å². The second-order valence-electron chi connectivity index (χ2n) is 8.99. The third-order valence-electron chi connectivity index (χ3n) is 6.41. The Hall–Kier alpha value is -2.47. The largest absolute Gasteiger partial charge is 0.419 e. The molecule has 1 aromatic carbocycles. The van der Waals surface area contributed by atoms with Crippen LogP contribution in [0.3, 0.4) is 0 Å². The summed E-state index contributed by atoms with van der Waals surface area (Å²) in [6.07, 6.45) is 13.1. The highest BCUT2D eigenvalue weighted by atomic mass is 35.5. The van der Waals surface area contributed by atoms with Crippen LogP contribution in [-0.4, -0.2) is 24.7 Å². The SMILES string of the molecule is CCC(CC=N)CCC(C)C/C=C/C1=Nc2c(c(C3=CC=CC=NC3)cc(Cl)c2C(F)(F)F)C1. The highest BCUT2D eigenvalue weighted by molar-refractivity contribution is 6.32. The van der Waals surface area contributed by atoms with Crippen LogP contribution in [0.5, 0.6) is 0 Å². The molecule has 2 aliphatic heterocycles. The first-order valence-electron chi connectivity index (χ1n) is 11.8. The number of halogens is 4. The lowest BCUT2D eigenvalue weighted by Gasteiger charge is -2.17. The first-order chi connectivity index (χ1) is 16.2. The Morgan fingerprint density at radius 3 is 2.71 bits per heavy atom. The van der Waals surface area contributed by atoms with Crippen LogP contribution < -0.4 is 0 Å². The number of aliphatic imine (C=N–C) groups is 2. The number of hydrogen-bond acceptors (Lipinski definition) is 3. The predicted octanol–water partition coefficient (Wildman–Crippen LogP) is 8.44. The van der Waals surface area contributed by atoms with Crippen molar-refractivity contribution in [2.45, 2.75) is 58.5 Å². The van der Waals surface area contributed by atoms with Crippen molar-refractivity contribution >= 4 is 41.0 Å². The van der Waals surface area contributed by atoms with Gasteiger partial charge < -0.3 is 5.41 Å². The van der Waals surface area contributed by atoms with Crippen molar-refractivity contribution in [1.82, 2.24) is 0 Å². The fourth-order valence-electron chi connectivity index (χ4n) is 4.39. The van der Waals surface area contributed by atoms with E-state index in [2.05, 4.69) is 23.8 Å². The minimum Gasteiger partial charge on any atom is -0.313 e. The van der Waals surface area contributed by atoms with E-state index in [0.29, 0.717) is 41.6 Å². The van der Waals surface area contributed by atoms with Crippen LogP contribution in [0.1, 0.15) is 62.6 Å². The molecule has 0 spiro atoms. The van der Waals surface area contributed by atoms with Gasteiger partial charge in [0.1, 0.15) is 5.56 Å². The van der Waals surface area contributed by atoms with Gasteiger partial charge in [0.05, 0.1) is 17.3 Å². The van der Waals surface area contributed by atoms with Crippen LogP contribution in [0.25, 0.3) is 5.57 Å². The molecule has 0 radical (unpaired) electrons. The number of nitrogens with zero attached hydrogens (tertiary/aromatic N) is 2. The average molecular weight is 490 g/mol. The zero-order valence-corrected chi connectivity index (χ0v) is 20.4. The van der Waals surface area contributed by atoms with Gasteiger partial charge >= 0.3 is 6.18 Å². The lowest BCUT2D eigenvalue weighted by molar-refractivity contribution is -0.136. The molecule has 0 amide bonds. The van der Waals surface area contributed by atoms with E-state index in [0.717, 1.165) is 37.7 Å². The molecule has 2 heterocycles. The number of fused-ring (bicyclic) bond motifs is 1. The molecule has 0 bridgehead atoms. The van der Waals surface area contributed by atoms with E-state index >= 15 is 0 Å². The zero-order valence-electron chi connectivity index (χ0n) is 19.6. The van der Waals surface area contributed by atoms with Gasteiger partial charge in [0.25, 0.3) is 0 Å². The van der Waals surface area contributed by atoms with Crippen molar-refractivity contribution in [3.63, 3.8) is 0 Å².